The van der Waals surface area contributed by atoms with Crippen LogP contribution in [0.15, 0.2) is 0 Å². The van der Waals surface area contributed by atoms with Crippen LogP contribution in [0.5, 0.6) is 0 Å². The van der Waals surface area contributed by atoms with Crippen LogP contribution >= 0.6 is 0 Å². The van der Waals surface area contributed by atoms with Gasteiger partial charge in [-0.3, -0.25) is 4.90 Å². The standard InChI is InChI=1S/C7H16N2O/c1-6(2-3-10)9-4-7(8)5-9/h6-7,10H,2-5,8H2,1H3. The number of nitrogens with zero attached hydrogens (tertiary/aromatic N) is 1. The molecular weight excluding hydrogens is 128 g/mol. The highest BCUT2D eigenvalue weighted by atomic mass is 16.3. The van der Waals surface area contributed by atoms with E-state index in [-0.39, 0.29) is 6.61 Å². The molecule has 3 nitrogen and oxygen atoms in total. The molecule has 1 saturated heterocycles. The highest BCUT2D eigenvalue weighted by molar-refractivity contribution is 4.85. The molecule has 1 heterocycles. The second-order valence-electron chi connectivity index (χ2n) is 3.08. The Hall–Kier alpha value is -0.120. The predicted molar refractivity (Wildman–Crippen MR) is 40.7 cm³/mol. The van der Waals surface area contributed by atoms with Crippen LogP contribution in [-0.4, -0.2) is 41.8 Å². The lowest BCUT2D eigenvalue weighted by molar-refractivity contribution is 0.0860. The molecule has 0 saturated carbocycles. The lowest BCUT2D eigenvalue weighted by atomic mass is 10.1. The Balaban J connectivity index is 2.11. The smallest absolute Gasteiger partial charge is 0.0445 e. The van der Waals surface area contributed by atoms with Gasteiger partial charge in [-0.2, -0.15) is 0 Å². The van der Waals surface area contributed by atoms with E-state index in [0.717, 1.165) is 19.5 Å². The Morgan fingerprint density at radius 1 is 1.70 bits per heavy atom. The summed E-state index contributed by atoms with van der Waals surface area (Å²) in [5.41, 5.74) is 5.60. The van der Waals surface area contributed by atoms with Crippen molar-refractivity contribution in [3.63, 3.8) is 0 Å². The van der Waals surface area contributed by atoms with Crippen molar-refractivity contribution in [2.45, 2.75) is 25.4 Å². The molecule has 3 N–H and O–H groups in total. The average Bonchev–Trinajstić information content (AvgIpc) is 1.82. The lowest BCUT2D eigenvalue weighted by Gasteiger charge is -2.41. The largest absolute Gasteiger partial charge is 0.396 e. The maximum atomic E-state index is 8.61. The zero-order valence-electron chi connectivity index (χ0n) is 6.45. The van der Waals surface area contributed by atoms with E-state index in [2.05, 4.69) is 11.8 Å². The molecular formula is C7H16N2O. The first-order chi connectivity index (χ1) is 4.74. The van der Waals surface area contributed by atoms with Crippen LogP contribution in [0.25, 0.3) is 0 Å². The van der Waals surface area contributed by atoms with Gasteiger partial charge in [-0.05, 0) is 13.3 Å². The summed E-state index contributed by atoms with van der Waals surface area (Å²) in [7, 11) is 0. The maximum absolute atomic E-state index is 8.61. The molecule has 1 aliphatic rings. The highest BCUT2D eigenvalue weighted by Crippen LogP contribution is 2.11. The topological polar surface area (TPSA) is 49.5 Å². The van der Waals surface area contributed by atoms with Crippen molar-refractivity contribution in [3.8, 4) is 0 Å². The molecule has 0 aromatic rings. The third-order valence-electron chi connectivity index (χ3n) is 2.11. The molecule has 0 aliphatic carbocycles. The first-order valence-corrected chi connectivity index (χ1v) is 3.84. The zero-order chi connectivity index (χ0) is 7.56. The summed E-state index contributed by atoms with van der Waals surface area (Å²) >= 11 is 0. The van der Waals surface area contributed by atoms with Crippen LogP contribution in [0.2, 0.25) is 0 Å². The van der Waals surface area contributed by atoms with Crippen LogP contribution in [0.4, 0.5) is 0 Å². The van der Waals surface area contributed by atoms with E-state index < -0.39 is 0 Å². The van der Waals surface area contributed by atoms with Crippen molar-refractivity contribution in [2.24, 2.45) is 5.73 Å². The van der Waals surface area contributed by atoms with Gasteiger partial charge in [-0.1, -0.05) is 0 Å². The summed E-state index contributed by atoms with van der Waals surface area (Å²) in [5.74, 6) is 0. The van der Waals surface area contributed by atoms with Crippen molar-refractivity contribution >= 4 is 0 Å². The second-order valence-corrected chi connectivity index (χ2v) is 3.08. The summed E-state index contributed by atoms with van der Waals surface area (Å²) in [5, 5.41) is 8.61. The van der Waals surface area contributed by atoms with Crippen LogP contribution in [0.3, 0.4) is 0 Å². The first-order valence-electron chi connectivity index (χ1n) is 3.84. The third kappa shape index (κ3) is 1.68. The first kappa shape index (κ1) is 7.98. The Bertz CT molecular complexity index is 99.0. The molecule has 1 atom stereocenters. The van der Waals surface area contributed by atoms with Crippen LogP contribution in [0.1, 0.15) is 13.3 Å². The number of aliphatic hydroxyl groups is 1. The van der Waals surface area contributed by atoms with Crippen molar-refractivity contribution < 1.29 is 5.11 Å². The van der Waals surface area contributed by atoms with Gasteiger partial charge in [0.1, 0.15) is 0 Å². The summed E-state index contributed by atoms with van der Waals surface area (Å²) in [6, 6.07) is 0.881. The van der Waals surface area contributed by atoms with Crippen molar-refractivity contribution in [1.82, 2.24) is 4.90 Å². The molecule has 60 valence electrons. The molecule has 0 bridgehead atoms. The fourth-order valence-corrected chi connectivity index (χ4v) is 1.28. The van der Waals surface area contributed by atoms with E-state index in [1.165, 1.54) is 0 Å². The zero-order valence-corrected chi connectivity index (χ0v) is 6.45. The maximum Gasteiger partial charge on any atom is 0.0445 e. The number of hydrogen-bond donors (Lipinski definition) is 2. The minimum absolute atomic E-state index is 0.285. The number of rotatable bonds is 3. The van der Waals surface area contributed by atoms with E-state index in [0.29, 0.717) is 12.1 Å². The fourth-order valence-electron chi connectivity index (χ4n) is 1.28. The third-order valence-corrected chi connectivity index (χ3v) is 2.11. The molecule has 1 unspecified atom stereocenters. The fraction of sp³-hybridized carbons (Fsp3) is 1.00. The van der Waals surface area contributed by atoms with Gasteiger partial charge in [0.25, 0.3) is 0 Å². The lowest BCUT2D eigenvalue weighted by Crippen LogP contribution is -2.58. The summed E-state index contributed by atoms with van der Waals surface area (Å²) < 4.78 is 0. The van der Waals surface area contributed by atoms with E-state index in [4.69, 9.17) is 10.8 Å². The molecule has 0 spiro atoms. The van der Waals surface area contributed by atoms with Gasteiger partial charge in [-0.25, -0.2) is 0 Å². The number of hydrogen-bond acceptors (Lipinski definition) is 3. The van der Waals surface area contributed by atoms with Gasteiger partial charge in [0, 0.05) is 31.8 Å². The normalized spacial score (nSPS) is 24.3. The quantitative estimate of drug-likeness (QED) is 0.556. The van der Waals surface area contributed by atoms with Gasteiger partial charge >= 0.3 is 0 Å². The number of aliphatic hydroxyl groups excluding tert-OH is 1. The van der Waals surface area contributed by atoms with E-state index in [1.807, 2.05) is 0 Å². The number of likely N-dealkylation sites (tertiary alicyclic amines) is 1. The molecule has 1 rings (SSSR count). The minimum atomic E-state index is 0.285. The van der Waals surface area contributed by atoms with Crippen molar-refractivity contribution in [2.75, 3.05) is 19.7 Å². The summed E-state index contributed by atoms with van der Waals surface area (Å²) in [4.78, 5) is 2.29. The van der Waals surface area contributed by atoms with E-state index >= 15 is 0 Å². The van der Waals surface area contributed by atoms with Crippen molar-refractivity contribution in [3.05, 3.63) is 0 Å². The number of nitrogens with two attached hydrogens (primary N) is 1. The second kappa shape index (κ2) is 3.32. The van der Waals surface area contributed by atoms with Gasteiger partial charge in [-0.15, -0.1) is 0 Å². The highest BCUT2D eigenvalue weighted by Gasteiger charge is 2.26. The molecule has 0 aromatic carbocycles. The molecule has 1 aliphatic heterocycles. The molecule has 0 amide bonds. The van der Waals surface area contributed by atoms with Gasteiger partial charge in [0.2, 0.25) is 0 Å². The van der Waals surface area contributed by atoms with Crippen molar-refractivity contribution in [1.29, 1.82) is 0 Å². The molecule has 0 radical (unpaired) electrons. The predicted octanol–water partition coefficient (Wildman–Crippen LogP) is -0.600. The van der Waals surface area contributed by atoms with Crippen LogP contribution < -0.4 is 5.73 Å². The average molecular weight is 144 g/mol. The molecule has 3 heteroatoms. The van der Waals surface area contributed by atoms with E-state index in [9.17, 15) is 0 Å². The monoisotopic (exact) mass is 144 g/mol. The molecule has 1 fully saturated rings. The Labute approximate surface area is 61.8 Å². The van der Waals surface area contributed by atoms with Crippen LogP contribution in [0, 0.1) is 0 Å². The minimum Gasteiger partial charge on any atom is -0.396 e. The van der Waals surface area contributed by atoms with Gasteiger partial charge in [0.05, 0.1) is 0 Å². The van der Waals surface area contributed by atoms with Crippen LogP contribution in [-0.2, 0) is 0 Å². The SMILES string of the molecule is CC(CCO)N1CC(N)C1. The molecule has 10 heavy (non-hydrogen) atoms. The summed E-state index contributed by atoms with van der Waals surface area (Å²) in [6.45, 7) is 4.41. The Morgan fingerprint density at radius 3 is 2.70 bits per heavy atom. The van der Waals surface area contributed by atoms with E-state index in [1.54, 1.807) is 0 Å². The summed E-state index contributed by atoms with van der Waals surface area (Å²) in [6.07, 6.45) is 0.868. The Morgan fingerprint density at radius 2 is 2.30 bits per heavy atom. The Kier molecular flexibility index (Phi) is 2.65. The van der Waals surface area contributed by atoms with Gasteiger partial charge in [0.15, 0.2) is 0 Å². The van der Waals surface area contributed by atoms with Gasteiger partial charge < -0.3 is 10.8 Å². The molecule has 0 aromatic heterocycles.